The second kappa shape index (κ2) is 14.2. The van der Waals surface area contributed by atoms with Gasteiger partial charge < -0.3 is 0 Å². The molecule has 0 spiro atoms. The predicted octanol–water partition coefficient (Wildman–Crippen LogP) is 16.4. The van der Waals surface area contributed by atoms with Crippen LogP contribution in [-0.4, -0.2) is 0 Å². The topological polar surface area (TPSA) is 0 Å². The average molecular weight is 745 g/mol. The first-order chi connectivity index (χ1) is 28.4. The molecule has 10 rings (SSSR count). The van der Waals surface area contributed by atoms with Crippen LogP contribution in [0.3, 0.4) is 0 Å². The van der Waals surface area contributed by atoms with E-state index in [1.165, 1.54) is 99.4 Å². The van der Waals surface area contributed by atoms with Crippen LogP contribution in [0.5, 0.6) is 0 Å². The number of fused-ring (bicyclic) bond motifs is 5. The summed E-state index contributed by atoms with van der Waals surface area (Å²) in [6, 6.07) is 72.4. The van der Waals surface area contributed by atoms with E-state index in [2.05, 4.69) is 222 Å². The van der Waals surface area contributed by atoms with Crippen LogP contribution in [0.15, 0.2) is 194 Å². The summed E-state index contributed by atoms with van der Waals surface area (Å²) >= 11 is 0. The van der Waals surface area contributed by atoms with Crippen LogP contribution in [-0.2, 0) is 5.41 Å². The fourth-order valence-corrected chi connectivity index (χ4v) is 10.3. The Hall–Kier alpha value is -6.50. The first kappa shape index (κ1) is 35.9. The zero-order chi connectivity index (χ0) is 39.4. The Labute approximate surface area is 343 Å². The van der Waals surface area contributed by atoms with Gasteiger partial charge in [0.25, 0.3) is 0 Å². The highest BCUT2D eigenvalue weighted by Gasteiger charge is 2.50. The van der Waals surface area contributed by atoms with Crippen molar-refractivity contribution in [1.29, 1.82) is 0 Å². The second-order valence-corrected chi connectivity index (χ2v) is 17.2. The van der Waals surface area contributed by atoms with Gasteiger partial charge in [-0.15, -0.1) is 0 Å². The van der Waals surface area contributed by atoms with E-state index in [0.717, 1.165) is 12.8 Å². The van der Waals surface area contributed by atoms with Crippen LogP contribution in [0.25, 0.3) is 88.3 Å². The van der Waals surface area contributed by atoms with Crippen molar-refractivity contribution in [2.45, 2.75) is 46.0 Å². The van der Waals surface area contributed by atoms with Crippen molar-refractivity contribution < 1.29 is 0 Å². The average Bonchev–Trinajstić information content (AvgIpc) is 3.56. The summed E-state index contributed by atoms with van der Waals surface area (Å²) in [5, 5.41) is 5.13. The summed E-state index contributed by atoms with van der Waals surface area (Å²) in [5.74, 6) is 0. The van der Waals surface area contributed by atoms with Crippen LogP contribution in [0.1, 0.15) is 51.7 Å². The second-order valence-electron chi connectivity index (χ2n) is 17.2. The van der Waals surface area contributed by atoms with Gasteiger partial charge in [0, 0.05) is 5.41 Å². The van der Waals surface area contributed by atoms with Crippen LogP contribution in [0, 0.1) is 5.41 Å². The number of benzene rings is 9. The minimum atomic E-state index is -0.0700. The molecule has 1 unspecified atom stereocenters. The van der Waals surface area contributed by atoms with E-state index in [4.69, 9.17) is 0 Å². The molecule has 0 N–H and O–H groups in total. The van der Waals surface area contributed by atoms with Gasteiger partial charge in [-0.05, 0) is 136 Å². The quantitative estimate of drug-likeness (QED) is 0.143. The van der Waals surface area contributed by atoms with Crippen LogP contribution >= 0.6 is 0 Å². The summed E-state index contributed by atoms with van der Waals surface area (Å²) < 4.78 is 0. The highest BCUT2D eigenvalue weighted by atomic mass is 14.5. The molecule has 0 bridgehead atoms. The summed E-state index contributed by atoms with van der Waals surface area (Å²) in [7, 11) is 0. The third-order valence-electron chi connectivity index (χ3n) is 12.9. The van der Waals surface area contributed by atoms with Crippen molar-refractivity contribution in [3.8, 4) is 66.8 Å². The Bertz CT molecular complexity index is 2850. The lowest BCUT2D eigenvalue weighted by Crippen LogP contribution is -2.39. The molecule has 0 aromatic heterocycles. The molecule has 0 saturated heterocycles. The molecular weight excluding hydrogens is 697 g/mol. The van der Waals surface area contributed by atoms with E-state index in [1.54, 1.807) is 0 Å². The molecule has 1 aliphatic carbocycles. The van der Waals surface area contributed by atoms with E-state index in [-0.39, 0.29) is 10.8 Å². The fourth-order valence-electron chi connectivity index (χ4n) is 10.3. The van der Waals surface area contributed by atoms with Crippen molar-refractivity contribution in [3.05, 3.63) is 205 Å². The maximum absolute atomic E-state index is 2.56. The van der Waals surface area contributed by atoms with E-state index in [0.29, 0.717) is 0 Å². The maximum atomic E-state index is 2.56. The molecule has 0 radical (unpaired) electrons. The van der Waals surface area contributed by atoms with Crippen LogP contribution in [0.4, 0.5) is 0 Å². The van der Waals surface area contributed by atoms with Gasteiger partial charge in [0.05, 0.1) is 0 Å². The van der Waals surface area contributed by atoms with E-state index in [1.807, 2.05) is 0 Å². The molecule has 0 aliphatic heterocycles. The normalized spacial score (nSPS) is 14.8. The van der Waals surface area contributed by atoms with Crippen molar-refractivity contribution in [1.82, 2.24) is 0 Å². The monoisotopic (exact) mass is 744 g/mol. The smallest absolute Gasteiger partial charge is 0.0263 e. The minimum absolute atomic E-state index is 0.0368. The number of hydrogen-bond donors (Lipinski definition) is 0. The fraction of sp³-hybridized carbons (Fsp3) is 0.138. The molecule has 0 amide bonds. The summed E-state index contributed by atoms with van der Waals surface area (Å²) in [4.78, 5) is 0. The minimum Gasteiger partial charge on any atom is -0.0653 e. The standard InChI is InChI=1S/C58H48/c1-5-34-58(57(2,3)4)53-27-17-16-22-47(53)48-33-32-43(38-54(48)58)56-51-25-14-12-23-49(51)55(50-24-13-15-26-52(50)56)42-30-28-41(29-31-42)46-36-44(39-18-8-6-9-19-39)35-45(37-46)40-20-10-7-11-21-40/h6-33,35-38H,5,34H2,1-4H3. The summed E-state index contributed by atoms with van der Waals surface area (Å²) in [5.41, 5.74) is 18.1. The summed E-state index contributed by atoms with van der Waals surface area (Å²) in [6.45, 7) is 9.66. The van der Waals surface area contributed by atoms with E-state index < -0.39 is 0 Å². The molecule has 9 aromatic carbocycles. The zero-order valence-electron chi connectivity index (χ0n) is 33.9. The largest absolute Gasteiger partial charge is 0.0653 e. The van der Waals surface area contributed by atoms with Gasteiger partial charge in [-0.3, -0.25) is 0 Å². The molecule has 1 atom stereocenters. The molecule has 58 heavy (non-hydrogen) atoms. The van der Waals surface area contributed by atoms with E-state index >= 15 is 0 Å². The van der Waals surface area contributed by atoms with Crippen molar-refractivity contribution >= 4 is 21.5 Å². The number of rotatable bonds is 7. The molecule has 0 nitrogen and oxygen atoms in total. The van der Waals surface area contributed by atoms with Gasteiger partial charge >= 0.3 is 0 Å². The first-order valence-electron chi connectivity index (χ1n) is 20.9. The lowest BCUT2D eigenvalue weighted by Gasteiger charge is -2.44. The zero-order valence-corrected chi connectivity index (χ0v) is 33.9. The Balaban J connectivity index is 1.13. The Morgan fingerprint density at radius 2 is 0.741 bits per heavy atom. The lowest BCUT2D eigenvalue weighted by atomic mass is 9.59. The van der Waals surface area contributed by atoms with Gasteiger partial charge in [0.1, 0.15) is 0 Å². The number of hydrogen-bond acceptors (Lipinski definition) is 0. The van der Waals surface area contributed by atoms with Gasteiger partial charge in [0.15, 0.2) is 0 Å². The molecule has 0 saturated carbocycles. The Morgan fingerprint density at radius 1 is 0.345 bits per heavy atom. The highest BCUT2D eigenvalue weighted by Crippen LogP contribution is 2.60. The third kappa shape index (κ3) is 5.73. The molecule has 0 fully saturated rings. The van der Waals surface area contributed by atoms with Crippen molar-refractivity contribution in [2.75, 3.05) is 0 Å². The maximum Gasteiger partial charge on any atom is 0.0263 e. The third-order valence-corrected chi connectivity index (χ3v) is 12.9. The van der Waals surface area contributed by atoms with Gasteiger partial charge in [-0.25, -0.2) is 0 Å². The SMILES string of the molecule is CCCC1(C(C)(C)C)c2ccccc2-c2ccc(-c3c4ccccc4c(-c4ccc(-c5cc(-c6ccccc6)cc(-c6ccccc6)c5)cc4)c4ccccc34)cc21. The summed E-state index contributed by atoms with van der Waals surface area (Å²) in [6.07, 6.45) is 2.24. The van der Waals surface area contributed by atoms with Crippen LogP contribution in [0.2, 0.25) is 0 Å². The van der Waals surface area contributed by atoms with Crippen molar-refractivity contribution in [2.24, 2.45) is 5.41 Å². The molecular formula is C58H48. The Morgan fingerprint density at radius 3 is 1.24 bits per heavy atom. The molecule has 1 aliphatic rings. The molecule has 0 heteroatoms. The van der Waals surface area contributed by atoms with E-state index in [9.17, 15) is 0 Å². The van der Waals surface area contributed by atoms with Crippen molar-refractivity contribution in [3.63, 3.8) is 0 Å². The van der Waals surface area contributed by atoms with Gasteiger partial charge in [0.2, 0.25) is 0 Å². The van der Waals surface area contributed by atoms with Gasteiger partial charge in [-0.2, -0.15) is 0 Å². The Kier molecular flexibility index (Phi) is 8.76. The molecule has 9 aromatic rings. The molecule has 0 heterocycles. The first-order valence-corrected chi connectivity index (χ1v) is 20.9. The lowest BCUT2D eigenvalue weighted by molar-refractivity contribution is 0.216. The predicted molar refractivity (Wildman–Crippen MR) is 249 cm³/mol. The molecule has 280 valence electrons. The highest BCUT2D eigenvalue weighted by molar-refractivity contribution is 6.21. The van der Waals surface area contributed by atoms with Crippen LogP contribution < -0.4 is 0 Å². The van der Waals surface area contributed by atoms with Gasteiger partial charge in [-0.1, -0.05) is 204 Å².